The van der Waals surface area contributed by atoms with E-state index in [9.17, 15) is 14.0 Å². The molecule has 1 heterocycles. The third-order valence-corrected chi connectivity index (χ3v) is 4.82. The summed E-state index contributed by atoms with van der Waals surface area (Å²) in [5.74, 6) is -0.185. The van der Waals surface area contributed by atoms with E-state index in [0.717, 1.165) is 0 Å². The third kappa shape index (κ3) is 4.92. The highest BCUT2D eigenvalue weighted by Gasteiger charge is 2.24. The van der Waals surface area contributed by atoms with E-state index < -0.39 is 5.82 Å². The Kier molecular flexibility index (Phi) is 6.36. The molecular weight excluding hydrogens is 385 g/mol. The Morgan fingerprint density at radius 2 is 1.93 bits per heavy atom. The van der Waals surface area contributed by atoms with E-state index in [-0.39, 0.29) is 23.1 Å². The fourth-order valence-corrected chi connectivity index (χ4v) is 3.22. The molecule has 6 nitrogen and oxygen atoms in total. The number of benzene rings is 2. The van der Waals surface area contributed by atoms with Crippen LogP contribution in [0.1, 0.15) is 23.2 Å². The van der Waals surface area contributed by atoms with Crippen LogP contribution in [0, 0.1) is 5.82 Å². The molecule has 1 aliphatic heterocycles. The maximum absolute atomic E-state index is 13.1. The first-order valence-corrected chi connectivity index (χ1v) is 9.34. The highest BCUT2D eigenvalue weighted by atomic mass is 35.5. The van der Waals surface area contributed by atoms with Gasteiger partial charge in [0.2, 0.25) is 0 Å². The molecule has 0 atom stereocenters. The van der Waals surface area contributed by atoms with Gasteiger partial charge in [-0.3, -0.25) is 4.79 Å². The molecule has 0 saturated carbocycles. The van der Waals surface area contributed by atoms with Gasteiger partial charge in [0.05, 0.1) is 5.02 Å². The largest absolute Gasteiger partial charge is 0.489 e. The van der Waals surface area contributed by atoms with E-state index >= 15 is 0 Å². The number of likely N-dealkylation sites (tertiary alicyclic amines) is 1. The number of urea groups is 1. The molecule has 1 saturated heterocycles. The fourth-order valence-electron chi connectivity index (χ4n) is 3.01. The predicted molar refractivity (Wildman–Crippen MR) is 105 cm³/mol. The second kappa shape index (κ2) is 8.93. The van der Waals surface area contributed by atoms with E-state index in [2.05, 4.69) is 10.6 Å². The van der Waals surface area contributed by atoms with Crippen molar-refractivity contribution < 1.29 is 18.7 Å². The van der Waals surface area contributed by atoms with E-state index in [4.69, 9.17) is 16.3 Å². The van der Waals surface area contributed by atoms with Gasteiger partial charge in [-0.05, 0) is 36.4 Å². The summed E-state index contributed by atoms with van der Waals surface area (Å²) in [5.41, 5.74) is 1.03. The van der Waals surface area contributed by atoms with Crippen LogP contribution in [0.5, 0.6) is 5.75 Å². The molecule has 8 heteroatoms. The summed E-state index contributed by atoms with van der Waals surface area (Å²) in [6.45, 7) is 1.04. The first-order valence-electron chi connectivity index (χ1n) is 8.96. The van der Waals surface area contributed by atoms with Crippen LogP contribution in [-0.2, 0) is 0 Å². The lowest BCUT2D eigenvalue weighted by Crippen LogP contribution is -2.43. The average Bonchev–Trinajstić information content (AvgIpc) is 2.70. The van der Waals surface area contributed by atoms with Crippen LogP contribution in [0.25, 0.3) is 0 Å². The molecule has 0 spiro atoms. The van der Waals surface area contributed by atoms with Crippen LogP contribution in [-0.4, -0.2) is 43.1 Å². The summed E-state index contributed by atoms with van der Waals surface area (Å²) in [4.78, 5) is 25.9. The molecule has 28 heavy (non-hydrogen) atoms. The molecule has 2 aromatic rings. The zero-order chi connectivity index (χ0) is 20.1. The second-order valence-corrected chi connectivity index (χ2v) is 6.88. The average molecular weight is 406 g/mol. The van der Waals surface area contributed by atoms with Crippen molar-refractivity contribution in [2.45, 2.75) is 18.9 Å². The zero-order valence-corrected chi connectivity index (χ0v) is 16.1. The second-order valence-electron chi connectivity index (χ2n) is 6.47. The monoisotopic (exact) mass is 405 g/mol. The Labute approximate surface area is 167 Å². The predicted octanol–water partition coefficient (Wildman–Crippen LogP) is 3.91. The minimum atomic E-state index is -0.413. The van der Waals surface area contributed by atoms with Crippen molar-refractivity contribution in [2.24, 2.45) is 0 Å². The lowest BCUT2D eigenvalue weighted by Gasteiger charge is -2.32. The summed E-state index contributed by atoms with van der Waals surface area (Å²) in [5, 5.41) is 5.60. The topological polar surface area (TPSA) is 70.7 Å². The van der Waals surface area contributed by atoms with Crippen LogP contribution in [0.4, 0.5) is 14.9 Å². The number of halogens is 2. The van der Waals surface area contributed by atoms with E-state index in [1.165, 1.54) is 18.2 Å². The van der Waals surface area contributed by atoms with Crippen LogP contribution >= 0.6 is 11.6 Å². The van der Waals surface area contributed by atoms with Gasteiger partial charge in [0.15, 0.2) is 0 Å². The fraction of sp³-hybridized carbons (Fsp3) is 0.300. The van der Waals surface area contributed by atoms with Gasteiger partial charge in [-0.15, -0.1) is 0 Å². The van der Waals surface area contributed by atoms with Crippen LogP contribution < -0.4 is 15.4 Å². The molecular formula is C20H21ClFN3O3. The molecule has 1 aliphatic rings. The Balaban J connectivity index is 1.53. The van der Waals surface area contributed by atoms with Gasteiger partial charge in [0, 0.05) is 44.2 Å². The first-order chi connectivity index (χ1) is 13.5. The summed E-state index contributed by atoms with van der Waals surface area (Å²) in [6, 6.07) is 10.6. The molecule has 3 amide bonds. The molecule has 3 rings (SSSR count). The number of hydrogen-bond acceptors (Lipinski definition) is 3. The number of hydrogen-bond donors (Lipinski definition) is 2. The number of ether oxygens (including phenoxy) is 1. The molecule has 0 aromatic heterocycles. The van der Waals surface area contributed by atoms with Crippen molar-refractivity contribution in [1.29, 1.82) is 0 Å². The Hall–Kier alpha value is -2.80. The molecule has 148 valence electrons. The number of nitrogens with zero attached hydrogens (tertiary/aromatic N) is 1. The van der Waals surface area contributed by atoms with Crippen LogP contribution in [0.15, 0.2) is 42.5 Å². The smallest absolute Gasteiger partial charge is 0.321 e. The Morgan fingerprint density at radius 1 is 1.18 bits per heavy atom. The number of piperidine rings is 1. The molecule has 1 fully saturated rings. The van der Waals surface area contributed by atoms with Crippen molar-refractivity contribution in [3.05, 3.63) is 58.9 Å². The van der Waals surface area contributed by atoms with Crippen LogP contribution in [0.3, 0.4) is 0 Å². The lowest BCUT2D eigenvalue weighted by molar-refractivity contribution is 0.0963. The molecule has 2 aromatic carbocycles. The number of nitrogens with one attached hydrogen (secondary N) is 2. The number of anilines is 1. The molecule has 0 radical (unpaired) electrons. The van der Waals surface area contributed by atoms with Gasteiger partial charge in [-0.25, -0.2) is 9.18 Å². The van der Waals surface area contributed by atoms with Crippen molar-refractivity contribution in [1.82, 2.24) is 10.2 Å². The van der Waals surface area contributed by atoms with Gasteiger partial charge in [-0.1, -0.05) is 17.7 Å². The maximum Gasteiger partial charge on any atom is 0.321 e. The van der Waals surface area contributed by atoms with Gasteiger partial charge in [0.25, 0.3) is 5.91 Å². The summed E-state index contributed by atoms with van der Waals surface area (Å²) >= 11 is 6.00. The summed E-state index contributed by atoms with van der Waals surface area (Å²) < 4.78 is 19.0. The highest BCUT2D eigenvalue weighted by Crippen LogP contribution is 2.28. The molecule has 0 aliphatic carbocycles. The first kappa shape index (κ1) is 19.9. The number of carbonyl (C=O) groups excluding carboxylic acids is 2. The lowest BCUT2D eigenvalue weighted by atomic mass is 10.1. The van der Waals surface area contributed by atoms with E-state index in [1.54, 1.807) is 36.2 Å². The van der Waals surface area contributed by atoms with Crippen molar-refractivity contribution in [2.75, 3.05) is 25.5 Å². The summed E-state index contributed by atoms with van der Waals surface area (Å²) in [7, 11) is 1.55. The number of carbonyl (C=O) groups is 2. The standard InChI is InChI=1S/C20H21ClFN3O3/c1-23-19(26)13-3-2-4-15(11-13)24-20(27)25-9-7-16(8-10-25)28-18-6-5-14(22)12-17(18)21/h2-6,11-12,16H,7-10H2,1H3,(H,23,26)(H,24,27). The van der Waals surface area contributed by atoms with Gasteiger partial charge >= 0.3 is 6.03 Å². The van der Waals surface area contributed by atoms with Gasteiger partial charge in [0.1, 0.15) is 17.7 Å². The SMILES string of the molecule is CNC(=O)c1cccc(NC(=O)N2CCC(Oc3ccc(F)cc3Cl)CC2)c1. The maximum atomic E-state index is 13.1. The number of amides is 3. The van der Waals surface area contributed by atoms with Gasteiger partial charge in [-0.2, -0.15) is 0 Å². The van der Waals surface area contributed by atoms with Gasteiger partial charge < -0.3 is 20.3 Å². The number of rotatable bonds is 4. The van der Waals surface area contributed by atoms with E-state index in [1.807, 2.05) is 0 Å². The van der Waals surface area contributed by atoms with Crippen molar-refractivity contribution >= 4 is 29.2 Å². The highest BCUT2D eigenvalue weighted by molar-refractivity contribution is 6.32. The minimum Gasteiger partial charge on any atom is -0.489 e. The molecule has 0 unspecified atom stereocenters. The normalized spacial score (nSPS) is 14.5. The Bertz CT molecular complexity index is 870. The zero-order valence-electron chi connectivity index (χ0n) is 15.4. The van der Waals surface area contributed by atoms with Crippen molar-refractivity contribution in [3.8, 4) is 5.75 Å². The Morgan fingerprint density at radius 3 is 2.61 bits per heavy atom. The molecule has 0 bridgehead atoms. The van der Waals surface area contributed by atoms with Crippen LogP contribution in [0.2, 0.25) is 5.02 Å². The third-order valence-electron chi connectivity index (χ3n) is 4.52. The van der Waals surface area contributed by atoms with Crippen molar-refractivity contribution in [3.63, 3.8) is 0 Å². The van der Waals surface area contributed by atoms with E-state index in [0.29, 0.717) is 42.9 Å². The minimum absolute atomic E-state index is 0.0939. The quantitative estimate of drug-likeness (QED) is 0.810. The summed E-state index contributed by atoms with van der Waals surface area (Å²) in [6.07, 6.45) is 1.18. The molecule has 2 N–H and O–H groups in total.